The number of rotatable bonds is 8. The van der Waals surface area contributed by atoms with Crippen LogP contribution in [0.3, 0.4) is 0 Å². The molecule has 17 heteroatoms. The predicted octanol–water partition coefficient (Wildman–Crippen LogP) is 4.40. The Kier molecular flexibility index (Phi) is 20.7. The third kappa shape index (κ3) is 16.7. The summed E-state index contributed by atoms with van der Waals surface area (Å²) >= 11 is 0. The van der Waals surface area contributed by atoms with Crippen LogP contribution in [-0.4, -0.2) is 95.8 Å². The second kappa shape index (κ2) is 24.3. The maximum Gasteiger partial charge on any atom is 0.329 e. The van der Waals surface area contributed by atoms with E-state index in [-0.39, 0.29) is 41.4 Å². The Bertz CT molecular complexity index is 1790. The van der Waals surface area contributed by atoms with Crippen molar-refractivity contribution in [1.29, 1.82) is 0 Å². The smallest absolute Gasteiger partial charge is 0.329 e. The average Bonchev–Trinajstić information content (AvgIpc) is 3.18. The number of carbonyl (C=O) groups excluding carboxylic acids is 7. The fourth-order valence-electron chi connectivity index (χ4n) is 5.72. The third-order valence-corrected chi connectivity index (χ3v) is 11.5. The van der Waals surface area contributed by atoms with Crippen LogP contribution in [0.2, 0.25) is 0 Å². The maximum atomic E-state index is 13.3. The summed E-state index contributed by atoms with van der Waals surface area (Å²) in [4.78, 5) is 91.0. The number of esters is 1. The van der Waals surface area contributed by atoms with Crippen LogP contribution in [0.4, 0.5) is 5.69 Å². The molecule has 0 radical (unpaired) electrons. The molecule has 2 aliphatic heterocycles. The summed E-state index contributed by atoms with van der Waals surface area (Å²) in [5.41, 5.74) is 2.61. The minimum atomic E-state index is -1.31. The number of nitrogens with one attached hydrogen (secondary N) is 5. The molecule has 324 valence electrons. The second-order valence-corrected chi connectivity index (χ2v) is 17.9. The van der Waals surface area contributed by atoms with E-state index in [4.69, 9.17) is 9.94 Å². The van der Waals surface area contributed by atoms with Gasteiger partial charge in [-0.2, -0.15) is 0 Å². The molecule has 1 aromatic rings. The molecule has 1 saturated heterocycles. The number of ketones is 1. The molecule has 2 aliphatic rings. The fourth-order valence-corrected chi connectivity index (χ4v) is 7.88. The van der Waals surface area contributed by atoms with Crippen molar-refractivity contribution in [2.24, 2.45) is 17.8 Å². The fraction of sp³-hybridized carbons (Fsp3) is 0.500. The molecular formula is C42H60N6O9S2. The van der Waals surface area contributed by atoms with Gasteiger partial charge in [0.25, 0.3) is 11.8 Å². The first-order valence-corrected chi connectivity index (χ1v) is 21.9. The highest BCUT2D eigenvalue weighted by molar-refractivity contribution is 8.76. The molecule has 0 spiro atoms. The quantitative estimate of drug-likeness (QED) is 0.0314. The molecule has 6 N–H and O–H groups in total. The lowest BCUT2D eigenvalue weighted by molar-refractivity contribution is -0.160. The summed E-state index contributed by atoms with van der Waals surface area (Å²) in [6.07, 6.45) is 9.90. The van der Waals surface area contributed by atoms with Crippen molar-refractivity contribution in [2.75, 3.05) is 30.5 Å². The summed E-state index contributed by atoms with van der Waals surface area (Å²) in [5, 5.41) is 19.1. The maximum absolute atomic E-state index is 13.3. The van der Waals surface area contributed by atoms with Crippen LogP contribution in [0, 0.1) is 17.8 Å². The van der Waals surface area contributed by atoms with Crippen LogP contribution in [0.15, 0.2) is 72.0 Å². The molecule has 1 aromatic carbocycles. The van der Waals surface area contributed by atoms with Gasteiger partial charge in [0.1, 0.15) is 29.4 Å². The predicted molar refractivity (Wildman–Crippen MR) is 232 cm³/mol. The van der Waals surface area contributed by atoms with Crippen molar-refractivity contribution >= 4 is 68.6 Å². The van der Waals surface area contributed by atoms with Gasteiger partial charge < -0.3 is 30.9 Å². The first-order valence-electron chi connectivity index (χ1n) is 19.4. The minimum Gasteiger partial charge on any atom is -0.453 e. The molecule has 1 fully saturated rings. The summed E-state index contributed by atoms with van der Waals surface area (Å²) in [6.45, 7) is 13.9. The van der Waals surface area contributed by atoms with Crippen LogP contribution in [0.1, 0.15) is 78.6 Å². The van der Waals surface area contributed by atoms with Crippen LogP contribution in [0.5, 0.6) is 0 Å². The van der Waals surface area contributed by atoms with E-state index in [0.29, 0.717) is 17.7 Å². The van der Waals surface area contributed by atoms with E-state index >= 15 is 0 Å². The molecule has 15 nitrogen and oxygen atoms in total. The topological polar surface area (TPSA) is 212 Å². The van der Waals surface area contributed by atoms with Crippen molar-refractivity contribution in [2.45, 2.75) is 92.0 Å². The zero-order valence-corrected chi connectivity index (χ0v) is 37.2. The molecule has 3 rings (SSSR count). The normalized spacial score (nSPS) is 24.4. The van der Waals surface area contributed by atoms with Crippen LogP contribution >= 0.6 is 21.6 Å². The van der Waals surface area contributed by atoms with Gasteiger partial charge in [-0.25, -0.2) is 10.3 Å². The van der Waals surface area contributed by atoms with Crippen molar-refractivity contribution in [1.82, 2.24) is 26.7 Å². The number of nitrogens with zero attached hydrogens (tertiary/aromatic N) is 1. The zero-order valence-electron chi connectivity index (χ0n) is 35.5. The van der Waals surface area contributed by atoms with E-state index in [0.717, 1.165) is 11.3 Å². The van der Waals surface area contributed by atoms with Crippen molar-refractivity contribution in [3.05, 3.63) is 77.6 Å². The molecule has 59 heavy (non-hydrogen) atoms. The molecule has 0 saturated carbocycles. The molecule has 0 unspecified atom stereocenters. The van der Waals surface area contributed by atoms with Gasteiger partial charge in [0.2, 0.25) is 17.7 Å². The van der Waals surface area contributed by atoms with E-state index in [2.05, 4.69) is 21.3 Å². The number of amides is 5. The van der Waals surface area contributed by atoms with Gasteiger partial charge in [-0.15, -0.1) is 0 Å². The van der Waals surface area contributed by atoms with Gasteiger partial charge in [0, 0.05) is 48.8 Å². The summed E-state index contributed by atoms with van der Waals surface area (Å²) in [6, 6.07) is 4.53. The molecule has 5 amide bonds. The first kappa shape index (κ1) is 50.3. The molecule has 0 aromatic heterocycles. The van der Waals surface area contributed by atoms with Crippen molar-refractivity contribution in [3.63, 3.8) is 0 Å². The molecule has 0 aliphatic carbocycles. The lowest BCUT2D eigenvalue weighted by atomic mass is 9.97. The largest absolute Gasteiger partial charge is 0.453 e. The van der Waals surface area contributed by atoms with E-state index in [1.54, 1.807) is 66.7 Å². The van der Waals surface area contributed by atoms with Crippen molar-refractivity contribution < 1.29 is 43.5 Å². The summed E-state index contributed by atoms with van der Waals surface area (Å²) in [7, 11) is 6.84. The molecular weight excluding hydrogens is 797 g/mol. The Morgan fingerprint density at radius 2 is 1.58 bits per heavy atom. The lowest BCUT2D eigenvalue weighted by Gasteiger charge is -2.31. The van der Waals surface area contributed by atoms with Crippen LogP contribution in [-0.2, 0) is 33.5 Å². The van der Waals surface area contributed by atoms with Gasteiger partial charge in [-0.05, 0) is 69.4 Å². The van der Waals surface area contributed by atoms with Gasteiger partial charge in [-0.3, -0.25) is 34.0 Å². The third-order valence-electron chi connectivity index (χ3n) is 9.10. The van der Waals surface area contributed by atoms with Gasteiger partial charge in [-0.1, -0.05) is 86.1 Å². The van der Waals surface area contributed by atoms with Gasteiger partial charge in [0.05, 0.1) is 6.42 Å². The number of ether oxygens (including phenoxy) is 1. The number of allylic oxidation sites excluding steroid dienone is 5. The minimum absolute atomic E-state index is 0.0182. The summed E-state index contributed by atoms with van der Waals surface area (Å²) in [5.74, 6) is -3.51. The number of anilines is 1. The monoisotopic (exact) mass is 856 g/mol. The first-order chi connectivity index (χ1) is 27.7. The number of benzene rings is 1. The Hall–Kier alpha value is -4.87. The Morgan fingerprint density at radius 1 is 0.932 bits per heavy atom. The number of hydrogen-bond donors (Lipinski definition) is 6. The van der Waals surface area contributed by atoms with Crippen LogP contribution < -0.4 is 31.6 Å². The van der Waals surface area contributed by atoms with E-state index in [1.165, 1.54) is 39.2 Å². The van der Waals surface area contributed by atoms with Gasteiger partial charge >= 0.3 is 5.97 Å². The highest BCUT2D eigenvalue weighted by atomic mass is 33.1. The summed E-state index contributed by atoms with van der Waals surface area (Å²) < 4.78 is 5.84. The number of fused-ring (bicyclic) bond motifs is 7. The zero-order chi connectivity index (χ0) is 44.4. The number of Topliss-reactive ketones (excluding diaryl/α,β-unsaturated/α-hetero) is 1. The molecule has 2 bridgehead atoms. The number of hydroxylamine groups is 1. The average molecular weight is 857 g/mol. The SMILES string of the molecule is C/C=C1\NC(=O)[C@H]2CSSCC/C=C/[C@](C)(CC(=O)N[C@H](C(C)C)C(=O)N2)OC(=O)[C@H](C(C)C)NC1=O.CC(/C=C/C(=O)NO)=C\[C@@H](C)C(=O)c1ccc(N(C)C)cc1. The number of hydrogen-bond acceptors (Lipinski definition) is 12. The van der Waals surface area contributed by atoms with E-state index in [1.807, 2.05) is 56.3 Å². The lowest BCUT2D eigenvalue weighted by Crippen LogP contribution is -2.57. The molecule has 5 atom stereocenters. The highest BCUT2D eigenvalue weighted by Crippen LogP contribution is 2.26. The Labute approximate surface area is 355 Å². The van der Waals surface area contributed by atoms with Crippen molar-refractivity contribution in [3.8, 4) is 0 Å². The second-order valence-electron chi connectivity index (χ2n) is 15.3. The Balaban J connectivity index is 0.000000464. The number of carbonyl (C=O) groups is 7. The van der Waals surface area contributed by atoms with E-state index < -0.39 is 59.2 Å². The standard InChI is InChI=1S/C25H38N4O6S2.C17H22N2O3/c1-7-16-21(31)29-20(15(4)5)24(34)35-25(6)10-8-9-11-36-37-13-17(22(32)26-16)27-23(33)19(14(2)3)28-18(30)12-25;1-12(5-10-16(20)18-22)11-13(2)17(21)14-6-8-15(9-7-14)19(3)4/h7-8,10,14-15,17,19-20H,9,11-13H2,1-6H3,(H,26,32)(H,27,33)(H,28,30)(H,29,31);5-11,13,22H,1-4H3,(H,18,20)/b10-8+,16-7-;10-5+,12-11+/t17-,19-,20+,25-;13-/m11/s1. The van der Waals surface area contributed by atoms with E-state index in [9.17, 15) is 33.6 Å². The van der Waals surface area contributed by atoms with Crippen LogP contribution in [0.25, 0.3) is 0 Å². The Morgan fingerprint density at radius 3 is 2.15 bits per heavy atom. The molecule has 2 heterocycles. The van der Waals surface area contributed by atoms with Gasteiger partial charge in [0.15, 0.2) is 5.78 Å². The highest BCUT2D eigenvalue weighted by Gasteiger charge is 2.37.